The SMILES string of the molecule is Cc1cc(C)c(/C=N/N=C/c2[nH]c(C)cc2C)[nH]1. The lowest BCUT2D eigenvalue weighted by atomic mass is 10.3. The van der Waals surface area contributed by atoms with Crippen LogP contribution in [0.15, 0.2) is 22.3 Å². The van der Waals surface area contributed by atoms with Crippen LogP contribution in [0.5, 0.6) is 0 Å². The maximum atomic E-state index is 4.05. The maximum absolute atomic E-state index is 4.05. The Hall–Kier alpha value is -2.10. The van der Waals surface area contributed by atoms with Gasteiger partial charge in [-0.3, -0.25) is 0 Å². The minimum absolute atomic E-state index is 1.00. The zero-order chi connectivity index (χ0) is 13.1. The zero-order valence-electron chi connectivity index (χ0n) is 11.2. The van der Waals surface area contributed by atoms with E-state index in [4.69, 9.17) is 0 Å². The van der Waals surface area contributed by atoms with Crippen molar-refractivity contribution in [3.05, 3.63) is 46.0 Å². The topological polar surface area (TPSA) is 56.3 Å². The number of nitrogens with one attached hydrogen (secondary N) is 2. The molecule has 0 aliphatic heterocycles. The Labute approximate surface area is 107 Å². The third-order valence-electron chi connectivity index (χ3n) is 2.82. The van der Waals surface area contributed by atoms with Gasteiger partial charge in [-0.15, -0.1) is 0 Å². The van der Waals surface area contributed by atoms with E-state index in [9.17, 15) is 0 Å². The molecule has 0 amide bonds. The molecule has 4 heteroatoms. The molecule has 94 valence electrons. The van der Waals surface area contributed by atoms with E-state index in [1.54, 1.807) is 12.4 Å². The van der Waals surface area contributed by atoms with Gasteiger partial charge in [0.15, 0.2) is 0 Å². The van der Waals surface area contributed by atoms with Crippen LogP contribution in [0.25, 0.3) is 0 Å². The van der Waals surface area contributed by atoms with E-state index >= 15 is 0 Å². The largest absolute Gasteiger partial charge is 0.358 e. The molecule has 2 N–H and O–H groups in total. The maximum Gasteiger partial charge on any atom is 0.0733 e. The van der Waals surface area contributed by atoms with Crippen LogP contribution in [-0.2, 0) is 0 Å². The fourth-order valence-electron chi connectivity index (χ4n) is 1.95. The lowest BCUT2D eigenvalue weighted by Crippen LogP contribution is -1.86. The highest BCUT2D eigenvalue weighted by molar-refractivity contribution is 5.82. The highest BCUT2D eigenvalue weighted by atomic mass is 15.2. The first-order valence-electron chi connectivity index (χ1n) is 5.95. The summed E-state index contributed by atoms with van der Waals surface area (Å²) in [6, 6.07) is 4.17. The van der Waals surface area contributed by atoms with E-state index in [2.05, 4.69) is 32.3 Å². The normalized spacial score (nSPS) is 12.0. The Morgan fingerprint density at radius 2 is 1.17 bits per heavy atom. The Balaban J connectivity index is 2.07. The van der Waals surface area contributed by atoms with Crippen LogP contribution in [-0.4, -0.2) is 22.4 Å². The molecule has 0 aliphatic carbocycles. The van der Waals surface area contributed by atoms with E-state index in [1.807, 2.05) is 27.7 Å². The first-order valence-corrected chi connectivity index (χ1v) is 5.95. The van der Waals surface area contributed by atoms with Crippen LogP contribution in [0, 0.1) is 27.7 Å². The van der Waals surface area contributed by atoms with Crippen molar-refractivity contribution in [1.29, 1.82) is 0 Å². The number of rotatable bonds is 3. The van der Waals surface area contributed by atoms with Crippen molar-refractivity contribution in [2.45, 2.75) is 27.7 Å². The van der Waals surface area contributed by atoms with Crippen molar-refractivity contribution in [3.8, 4) is 0 Å². The Morgan fingerprint density at radius 1 is 0.778 bits per heavy atom. The number of nitrogens with zero attached hydrogens (tertiary/aromatic N) is 2. The average molecular weight is 242 g/mol. The molecule has 0 fully saturated rings. The third kappa shape index (κ3) is 2.77. The molecule has 0 spiro atoms. The highest BCUT2D eigenvalue weighted by Gasteiger charge is 1.98. The number of aromatic nitrogens is 2. The fraction of sp³-hybridized carbons (Fsp3) is 0.286. The molecular formula is C14H18N4. The predicted octanol–water partition coefficient (Wildman–Crippen LogP) is 3.03. The quantitative estimate of drug-likeness (QED) is 0.614. The molecule has 0 bridgehead atoms. The van der Waals surface area contributed by atoms with Crippen LogP contribution in [0.4, 0.5) is 0 Å². The number of aryl methyl sites for hydroxylation is 4. The molecule has 0 saturated carbocycles. The van der Waals surface area contributed by atoms with Gasteiger partial charge in [-0.2, -0.15) is 10.2 Å². The molecule has 2 aromatic heterocycles. The zero-order valence-corrected chi connectivity index (χ0v) is 11.2. The van der Waals surface area contributed by atoms with E-state index in [0.29, 0.717) is 0 Å². The summed E-state index contributed by atoms with van der Waals surface area (Å²) >= 11 is 0. The fourth-order valence-corrected chi connectivity index (χ4v) is 1.95. The summed E-state index contributed by atoms with van der Waals surface area (Å²) < 4.78 is 0. The third-order valence-corrected chi connectivity index (χ3v) is 2.82. The van der Waals surface area contributed by atoms with Gasteiger partial charge in [0.05, 0.1) is 23.8 Å². The number of hydrogen-bond donors (Lipinski definition) is 2. The highest BCUT2D eigenvalue weighted by Crippen LogP contribution is 2.07. The van der Waals surface area contributed by atoms with Gasteiger partial charge < -0.3 is 9.97 Å². The van der Waals surface area contributed by atoms with Crippen LogP contribution in [0.1, 0.15) is 33.9 Å². The molecule has 0 atom stereocenters. The van der Waals surface area contributed by atoms with E-state index in [-0.39, 0.29) is 0 Å². The molecule has 2 heterocycles. The minimum Gasteiger partial charge on any atom is -0.358 e. The molecule has 2 aromatic rings. The number of H-pyrrole nitrogens is 2. The lowest BCUT2D eigenvalue weighted by Gasteiger charge is -1.89. The first kappa shape index (κ1) is 12.4. The van der Waals surface area contributed by atoms with Gasteiger partial charge in [0.1, 0.15) is 0 Å². The van der Waals surface area contributed by atoms with Gasteiger partial charge in [-0.1, -0.05) is 0 Å². The summed E-state index contributed by atoms with van der Waals surface area (Å²) in [6.45, 7) is 8.15. The van der Waals surface area contributed by atoms with Crippen LogP contribution < -0.4 is 0 Å². The van der Waals surface area contributed by atoms with Crippen molar-refractivity contribution in [1.82, 2.24) is 9.97 Å². The van der Waals surface area contributed by atoms with E-state index in [1.165, 1.54) is 11.1 Å². The van der Waals surface area contributed by atoms with Gasteiger partial charge in [0, 0.05) is 11.4 Å². The van der Waals surface area contributed by atoms with Crippen molar-refractivity contribution in [3.63, 3.8) is 0 Å². The van der Waals surface area contributed by atoms with Gasteiger partial charge in [-0.25, -0.2) is 0 Å². The number of hydrogen-bond acceptors (Lipinski definition) is 2. The summed E-state index contributed by atoms with van der Waals surface area (Å²) in [5.74, 6) is 0. The van der Waals surface area contributed by atoms with Crippen molar-refractivity contribution < 1.29 is 0 Å². The van der Waals surface area contributed by atoms with Crippen LogP contribution in [0.3, 0.4) is 0 Å². The molecule has 0 unspecified atom stereocenters. The molecule has 18 heavy (non-hydrogen) atoms. The lowest BCUT2D eigenvalue weighted by molar-refractivity contribution is 1.20. The summed E-state index contributed by atoms with van der Waals surface area (Å²) in [5.41, 5.74) is 6.63. The summed E-state index contributed by atoms with van der Waals surface area (Å²) in [4.78, 5) is 6.45. The molecule has 0 saturated heterocycles. The first-order chi connectivity index (χ1) is 8.56. The Morgan fingerprint density at radius 3 is 1.44 bits per heavy atom. The summed E-state index contributed by atoms with van der Waals surface area (Å²) in [6.07, 6.45) is 3.48. The summed E-state index contributed by atoms with van der Waals surface area (Å²) in [5, 5.41) is 8.11. The molecular weight excluding hydrogens is 224 g/mol. The summed E-state index contributed by atoms with van der Waals surface area (Å²) in [7, 11) is 0. The van der Waals surface area contributed by atoms with E-state index < -0.39 is 0 Å². The smallest absolute Gasteiger partial charge is 0.0733 e. The predicted molar refractivity (Wildman–Crippen MR) is 75.7 cm³/mol. The van der Waals surface area contributed by atoms with Gasteiger partial charge >= 0.3 is 0 Å². The van der Waals surface area contributed by atoms with Crippen molar-refractivity contribution >= 4 is 12.4 Å². The second kappa shape index (κ2) is 5.04. The Bertz CT molecular complexity index is 545. The van der Waals surface area contributed by atoms with Crippen LogP contribution >= 0.6 is 0 Å². The average Bonchev–Trinajstić information content (AvgIpc) is 2.77. The van der Waals surface area contributed by atoms with Gasteiger partial charge in [0.2, 0.25) is 0 Å². The molecule has 0 radical (unpaired) electrons. The standard InChI is InChI=1S/C14H18N4/c1-9-5-11(3)17-13(9)7-15-16-8-14-10(2)6-12(4)18-14/h5-8,17-18H,1-4H3/b15-7+,16-8+. The molecule has 0 aliphatic rings. The van der Waals surface area contributed by atoms with Crippen LogP contribution in [0.2, 0.25) is 0 Å². The van der Waals surface area contributed by atoms with Gasteiger partial charge in [0.25, 0.3) is 0 Å². The minimum atomic E-state index is 1.00. The second-order valence-corrected chi connectivity index (χ2v) is 4.59. The van der Waals surface area contributed by atoms with Crippen molar-refractivity contribution in [2.75, 3.05) is 0 Å². The molecule has 2 rings (SSSR count). The monoisotopic (exact) mass is 242 g/mol. The molecule has 0 aromatic carbocycles. The molecule has 4 nitrogen and oxygen atoms in total. The van der Waals surface area contributed by atoms with E-state index in [0.717, 1.165) is 22.8 Å². The Kier molecular flexibility index (Phi) is 3.46. The van der Waals surface area contributed by atoms with Gasteiger partial charge in [-0.05, 0) is 51.0 Å². The van der Waals surface area contributed by atoms with Crippen molar-refractivity contribution in [2.24, 2.45) is 10.2 Å². The second-order valence-electron chi connectivity index (χ2n) is 4.59. The number of aromatic amines is 2.